The molecular weight excluding hydrogens is 259 g/mol. The Morgan fingerprint density at radius 3 is 2.50 bits per heavy atom. The standard InChI is InChI=1S/C15H15FN2O2/c1-9-3-8-13(15(19)20)14(17-9)18-10(2)11-4-6-12(16)7-5-11/h3-8,10H,1-2H3,(H,17,18)(H,19,20). The molecule has 20 heavy (non-hydrogen) atoms. The zero-order valence-corrected chi connectivity index (χ0v) is 11.2. The third-order valence-electron chi connectivity index (χ3n) is 2.99. The Morgan fingerprint density at radius 2 is 1.90 bits per heavy atom. The Hall–Kier alpha value is -2.43. The van der Waals surface area contributed by atoms with E-state index in [4.69, 9.17) is 5.11 Å². The molecule has 0 spiro atoms. The number of pyridine rings is 1. The maximum absolute atomic E-state index is 12.9. The van der Waals surface area contributed by atoms with E-state index in [0.29, 0.717) is 5.82 Å². The molecule has 0 aliphatic heterocycles. The van der Waals surface area contributed by atoms with Gasteiger partial charge in [-0.15, -0.1) is 0 Å². The third kappa shape index (κ3) is 3.12. The van der Waals surface area contributed by atoms with Gasteiger partial charge in [0.05, 0.1) is 0 Å². The maximum atomic E-state index is 12.9. The summed E-state index contributed by atoms with van der Waals surface area (Å²) >= 11 is 0. The number of rotatable bonds is 4. The lowest BCUT2D eigenvalue weighted by atomic mass is 10.1. The van der Waals surface area contributed by atoms with Crippen LogP contribution >= 0.6 is 0 Å². The van der Waals surface area contributed by atoms with E-state index < -0.39 is 5.97 Å². The molecule has 0 aliphatic carbocycles. The molecule has 2 rings (SSSR count). The Bertz CT molecular complexity index is 626. The van der Waals surface area contributed by atoms with Crippen LogP contribution < -0.4 is 5.32 Å². The highest BCUT2D eigenvalue weighted by Gasteiger charge is 2.14. The van der Waals surface area contributed by atoms with Crippen molar-refractivity contribution < 1.29 is 14.3 Å². The van der Waals surface area contributed by atoms with Gasteiger partial charge in [0.1, 0.15) is 17.2 Å². The van der Waals surface area contributed by atoms with Crippen LogP contribution in [0, 0.1) is 12.7 Å². The van der Waals surface area contributed by atoms with Crippen LogP contribution in [0.4, 0.5) is 10.2 Å². The van der Waals surface area contributed by atoms with Crippen LogP contribution in [0.25, 0.3) is 0 Å². The maximum Gasteiger partial charge on any atom is 0.339 e. The van der Waals surface area contributed by atoms with Gasteiger partial charge in [-0.25, -0.2) is 14.2 Å². The fraction of sp³-hybridized carbons (Fsp3) is 0.200. The molecule has 2 N–H and O–H groups in total. The Morgan fingerprint density at radius 1 is 1.25 bits per heavy atom. The van der Waals surface area contributed by atoms with Crippen molar-refractivity contribution in [3.8, 4) is 0 Å². The number of carboxylic acid groups (broad SMARTS) is 1. The second-order valence-corrected chi connectivity index (χ2v) is 4.57. The highest BCUT2D eigenvalue weighted by Crippen LogP contribution is 2.21. The van der Waals surface area contributed by atoms with Crippen molar-refractivity contribution in [2.75, 3.05) is 5.32 Å². The normalized spacial score (nSPS) is 11.9. The molecule has 0 amide bonds. The molecule has 4 nitrogen and oxygen atoms in total. The number of aromatic carboxylic acids is 1. The Kier molecular flexibility index (Phi) is 3.98. The lowest BCUT2D eigenvalue weighted by Crippen LogP contribution is -2.12. The fourth-order valence-electron chi connectivity index (χ4n) is 1.88. The van der Waals surface area contributed by atoms with E-state index in [1.165, 1.54) is 18.2 Å². The molecular formula is C15H15FN2O2. The first-order valence-electron chi connectivity index (χ1n) is 6.20. The minimum absolute atomic E-state index is 0.115. The van der Waals surface area contributed by atoms with Crippen LogP contribution in [-0.2, 0) is 0 Å². The van der Waals surface area contributed by atoms with Crippen LogP contribution in [0.2, 0.25) is 0 Å². The molecule has 1 unspecified atom stereocenters. The van der Waals surface area contributed by atoms with Gasteiger partial charge in [0.25, 0.3) is 0 Å². The zero-order valence-electron chi connectivity index (χ0n) is 11.2. The SMILES string of the molecule is Cc1ccc(C(=O)O)c(NC(C)c2ccc(F)cc2)n1. The number of carboxylic acids is 1. The highest BCUT2D eigenvalue weighted by atomic mass is 19.1. The summed E-state index contributed by atoms with van der Waals surface area (Å²) in [6.07, 6.45) is 0. The second-order valence-electron chi connectivity index (χ2n) is 4.57. The fourth-order valence-corrected chi connectivity index (χ4v) is 1.88. The summed E-state index contributed by atoms with van der Waals surface area (Å²) in [5.41, 5.74) is 1.69. The molecule has 1 aromatic heterocycles. The van der Waals surface area contributed by atoms with Crippen LogP contribution in [0.3, 0.4) is 0 Å². The zero-order chi connectivity index (χ0) is 14.7. The van der Waals surface area contributed by atoms with Gasteiger partial charge in [-0.1, -0.05) is 12.1 Å². The van der Waals surface area contributed by atoms with Crippen molar-refractivity contribution in [1.82, 2.24) is 4.98 Å². The van der Waals surface area contributed by atoms with E-state index in [-0.39, 0.29) is 17.4 Å². The first-order valence-corrected chi connectivity index (χ1v) is 6.20. The summed E-state index contributed by atoms with van der Waals surface area (Å²) in [6.45, 7) is 3.66. The van der Waals surface area contributed by atoms with E-state index >= 15 is 0 Å². The number of aryl methyl sites for hydroxylation is 1. The van der Waals surface area contributed by atoms with Gasteiger partial charge in [0.2, 0.25) is 0 Å². The van der Waals surface area contributed by atoms with Crippen molar-refractivity contribution in [2.24, 2.45) is 0 Å². The first kappa shape index (κ1) is 14.0. The van der Waals surface area contributed by atoms with Crippen LogP contribution in [-0.4, -0.2) is 16.1 Å². The Balaban J connectivity index is 2.27. The summed E-state index contributed by atoms with van der Waals surface area (Å²) in [7, 11) is 0. The number of hydrogen-bond donors (Lipinski definition) is 2. The number of anilines is 1. The van der Waals surface area contributed by atoms with E-state index in [9.17, 15) is 9.18 Å². The third-order valence-corrected chi connectivity index (χ3v) is 2.99. The lowest BCUT2D eigenvalue weighted by molar-refractivity contribution is 0.0697. The minimum Gasteiger partial charge on any atom is -0.478 e. The number of nitrogens with zero attached hydrogens (tertiary/aromatic N) is 1. The number of benzene rings is 1. The van der Waals surface area contributed by atoms with Gasteiger partial charge in [-0.05, 0) is 43.7 Å². The average Bonchev–Trinajstić information content (AvgIpc) is 2.39. The number of aromatic nitrogens is 1. The predicted molar refractivity (Wildman–Crippen MR) is 74.4 cm³/mol. The Labute approximate surface area is 116 Å². The monoisotopic (exact) mass is 274 g/mol. The van der Waals surface area contributed by atoms with Gasteiger partial charge in [0, 0.05) is 11.7 Å². The van der Waals surface area contributed by atoms with E-state index in [1.54, 1.807) is 25.1 Å². The summed E-state index contributed by atoms with van der Waals surface area (Å²) in [4.78, 5) is 15.4. The van der Waals surface area contributed by atoms with E-state index in [1.807, 2.05) is 6.92 Å². The van der Waals surface area contributed by atoms with Gasteiger partial charge < -0.3 is 10.4 Å². The number of halogens is 1. The van der Waals surface area contributed by atoms with Crippen molar-refractivity contribution in [2.45, 2.75) is 19.9 Å². The molecule has 104 valence electrons. The summed E-state index contributed by atoms with van der Waals surface area (Å²) in [6, 6.07) is 9.04. The van der Waals surface area contributed by atoms with Gasteiger partial charge in [-0.2, -0.15) is 0 Å². The minimum atomic E-state index is -1.04. The molecule has 2 aromatic rings. The van der Waals surface area contributed by atoms with Crippen molar-refractivity contribution in [3.05, 3.63) is 59.0 Å². The topological polar surface area (TPSA) is 62.2 Å². The lowest BCUT2D eigenvalue weighted by Gasteiger charge is -2.16. The van der Waals surface area contributed by atoms with Crippen molar-refractivity contribution in [3.63, 3.8) is 0 Å². The molecule has 0 saturated carbocycles. The molecule has 0 radical (unpaired) electrons. The summed E-state index contributed by atoms with van der Waals surface area (Å²) < 4.78 is 12.9. The predicted octanol–water partition coefficient (Wildman–Crippen LogP) is 3.40. The second kappa shape index (κ2) is 5.69. The molecule has 1 aromatic carbocycles. The molecule has 0 aliphatic rings. The number of nitrogens with one attached hydrogen (secondary N) is 1. The first-order chi connectivity index (χ1) is 9.47. The number of carbonyl (C=O) groups is 1. The van der Waals surface area contributed by atoms with Crippen LogP contribution in [0.15, 0.2) is 36.4 Å². The van der Waals surface area contributed by atoms with Crippen LogP contribution in [0.1, 0.15) is 34.6 Å². The average molecular weight is 274 g/mol. The van der Waals surface area contributed by atoms with Crippen molar-refractivity contribution >= 4 is 11.8 Å². The van der Waals surface area contributed by atoms with Crippen molar-refractivity contribution in [1.29, 1.82) is 0 Å². The largest absolute Gasteiger partial charge is 0.478 e. The van der Waals surface area contributed by atoms with Gasteiger partial charge in [-0.3, -0.25) is 0 Å². The number of hydrogen-bond acceptors (Lipinski definition) is 3. The summed E-state index contributed by atoms with van der Waals surface area (Å²) in [5, 5.41) is 12.2. The molecule has 1 atom stereocenters. The molecule has 5 heteroatoms. The van der Waals surface area contributed by atoms with Crippen LogP contribution in [0.5, 0.6) is 0 Å². The highest BCUT2D eigenvalue weighted by molar-refractivity contribution is 5.93. The quantitative estimate of drug-likeness (QED) is 0.897. The van der Waals surface area contributed by atoms with Gasteiger partial charge >= 0.3 is 5.97 Å². The van der Waals surface area contributed by atoms with Gasteiger partial charge in [0.15, 0.2) is 0 Å². The molecule has 0 saturated heterocycles. The molecule has 0 bridgehead atoms. The molecule has 1 heterocycles. The molecule has 0 fully saturated rings. The summed E-state index contributed by atoms with van der Waals surface area (Å²) in [5.74, 6) is -1.03. The van der Waals surface area contributed by atoms with E-state index in [0.717, 1.165) is 11.3 Å². The smallest absolute Gasteiger partial charge is 0.339 e. The van der Waals surface area contributed by atoms with E-state index in [2.05, 4.69) is 10.3 Å².